The molecule has 0 aliphatic heterocycles. The zero-order chi connectivity index (χ0) is 13.6. The van der Waals surface area contributed by atoms with Crippen LogP contribution < -0.4 is 0 Å². The van der Waals surface area contributed by atoms with Gasteiger partial charge in [0.15, 0.2) is 0 Å². The Morgan fingerprint density at radius 1 is 1.21 bits per heavy atom. The molecular formula is C17H22O2. The summed E-state index contributed by atoms with van der Waals surface area (Å²) >= 11 is 0. The highest BCUT2D eigenvalue weighted by Gasteiger charge is 2.88. The number of aryl methyl sites for hydroxylation is 1. The number of rotatable bonds is 5. The summed E-state index contributed by atoms with van der Waals surface area (Å²) in [7, 11) is 0. The first-order chi connectivity index (χ1) is 9.21. The normalized spacial score (nSPS) is 34.6. The van der Waals surface area contributed by atoms with Crippen LogP contribution in [0, 0.1) is 17.8 Å². The van der Waals surface area contributed by atoms with Gasteiger partial charge >= 0.3 is 5.97 Å². The molecule has 0 heterocycles. The van der Waals surface area contributed by atoms with Crippen LogP contribution in [0.3, 0.4) is 0 Å². The van der Waals surface area contributed by atoms with Crippen molar-refractivity contribution in [2.45, 2.75) is 39.0 Å². The highest BCUT2D eigenvalue weighted by atomic mass is 16.5. The van der Waals surface area contributed by atoms with E-state index in [1.54, 1.807) is 0 Å². The van der Waals surface area contributed by atoms with Crippen molar-refractivity contribution in [2.75, 3.05) is 6.61 Å². The van der Waals surface area contributed by atoms with Crippen LogP contribution in [0.25, 0.3) is 0 Å². The second kappa shape index (κ2) is 4.36. The Bertz CT molecular complexity index is 490. The molecule has 0 aromatic heterocycles. The van der Waals surface area contributed by atoms with Gasteiger partial charge in [0.2, 0.25) is 0 Å². The van der Waals surface area contributed by atoms with Crippen LogP contribution in [0.1, 0.15) is 38.3 Å². The monoisotopic (exact) mass is 258 g/mol. The summed E-state index contributed by atoms with van der Waals surface area (Å²) < 4.78 is 5.21. The fourth-order valence-corrected chi connectivity index (χ4v) is 4.07. The standard InChI is InChI=1S/C17H22O2/c1-4-11-7-9-12(10-8-11)17-13(5-2)14(17)15(17)16(18)19-6-3/h7-10,13-15H,4-6H2,1-3H3/t13?,14?,15-,17?/m0/s1. The summed E-state index contributed by atoms with van der Waals surface area (Å²) in [5.41, 5.74) is 2.84. The van der Waals surface area contributed by atoms with E-state index < -0.39 is 0 Å². The van der Waals surface area contributed by atoms with Gasteiger partial charge in [-0.05, 0) is 36.3 Å². The van der Waals surface area contributed by atoms with Crippen LogP contribution >= 0.6 is 0 Å². The SMILES string of the molecule is CCOC(=O)[C@@H]1C2C(CC)C21c1ccc(CC)cc1. The lowest BCUT2D eigenvalue weighted by molar-refractivity contribution is -0.146. The number of ether oxygens (including phenoxy) is 1. The maximum absolute atomic E-state index is 12.0. The summed E-state index contributed by atoms with van der Waals surface area (Å²) in [4.78, 5) is 12.0. The average Bonchev–Trinajstić information content (AvgIpc) is 3.28. The van der Waals surface area contributed by atoms with Gasteiger partial charge in [0.25, 0.3) is 0 Å². The minimum atomic E-state index is 0.0109. The molecule has 1 aromatic carbocycles. The van der Waals surface area contributed by atoms with Crippen molar-refractivity contribution >= 4 is 5.97 Å². The van der Waals surface area contributed by atoms with E-state index in [4.69, 9.17) is 4.74 Å². The largest absolute Gasteiger partial charge is 0.466 e. The summed E-state index contributed by atoms with van der Waals surface area (Å²) in [6, 6.07) is 8.85. The third-order valence-electron chi connectivity index (χ3n) is 5.10. The fourth-order valence-electron chi connectivity index (χ4n) is 4.07. The smallest absolute Gasteiger partial charge is 0.310 e. The summed E-state index contributed by atoms with van der Waals surface area (Å²) in [5, 5.41) is 0. The molecule has 4 atom stereocenters. The number of carbonyl (C=O) groups is 1. The van der Waals surface area contributed by atoms with Crippen LogP contribution in [-0.2, 0) is 21.4 Å². The summed E-state index contributed by atoms with van der Waals surface area (Å²) in [5.74, 6) is 1.38. The highest BCUT2D eigenvalue weighted by Crippen LogP contribution is 2.85. The molecule has 0 spiro atoms. The van der Waals surface area contributed by atoms with Gasteiger partial charge in [-0.1, -0.05) is 44.5 Å². The minimum Gasteiger partial charge on any atom is -0.466 e. The maximum Gasteiger partial charge on any atom is 0.310 e. The number of benzene rings is 1. The van der Waals surface area contributed by atoms with Gasteiger partial charge in [-0.3, -0.25) is 4.79 Å². The van der Waals surface area contributed by atoms with Gasteiger partial charge in [0.05, 0.1) is 12.5 Å². The first-order valence-electron chi connectivity index (χ1n) is 7.47. The highest BCUT2D eigenvalue weighted by molar-refractivity contribution is 5.84. The molecule has 3 rings (SSSR count). The van der Waals surface area contributed by atoms with Crippen molar-refractivity contribution < 1.29 is 9.53 Å². The van der Waals surface area contributed by atoms with Crippen LogP contribution in [0.15, 0.2) is 24.3 Å². The van der Waals surface area contributed by atoms with E-state index in [2.05, 4.69) is 38.1 Å². The Morgan fingerprint density at radius 3 is 2.42 bits per heavy atom. The summed E-state index contributed by atoms with van der Waals surface area (Å²) in [6.45, 7) is 6.76. The number of carbonyl (C=O) groups excluding carboxylic acids is 1. The molecule has 2 fully saturated rings. The Hall–Kier alpha value is -1.31. The van der Waals surface area contributed by atoms with Gasteiger partial charge in [-0.25, -0.2) is 0 Å². The molecule has 2 aliphatic rings. The number of hydrogen-bond donors (Lipinski definition) is 0. The van der Waals surface area contributed by atoms with E-state index >= 15 is 0 Å². The molecule has 1 aromatic rings. The number of hydrogen-bond acceptors (Lipinski definition) is 2. The van der Waals surface area contributed by atoms with Gasteiger partial charge < -0.3 is 4.74 Å². The van der Waals surface area contributed by atoms with E-state index in [1.807, 2.05) is 6.92 Å². The van der Waals surface area contributed by atoms with E-state index in [0.29, 0.717) is 18.4 Å². The molecule has 2 aliphatic carbocycles. The van der Waals surface area contributed by atoms with Gasteiger partial charge in [0, 0.05) is 5.41 Å². The van der Waals surface area contributed by atoms with E-state index in [1.165, 1.54) is 11.1 Å². The van der Waals surface area contributed by atoms with Crippen molar-refractivity contribution in [2.24, 2.45) is 17.8 Å². The van der Waals surface area contributed by atoms with Crippen molar-refractivity contribution in [3.05, 3.63) is 35.4 Å². The van der Waals surface area contributed by atoms with Crippen LogP contribution in [-0.4, -0.2) is 12.6 Å². The van der Waals surface area contributed by atoms with Gasteiger partial charge in [-0.2, -0.15) is 0 Å². The molecule has 0 radical (unpaired) electrons. The van der Waals surface area contributed by atoms with Crippen LogP contribution in [0.5, 0.6) is 0 Å². The van der Waals surface area contributed by atoms with Crippen molar-refractivity contribution in [3.63, 3.8) is 0 Å². The molecule has 0 saturated heterocycles. The third-order valence-corrected chi connectivity index (χ3v) is 5.10. The number of fused-ring (bicyclic) bond motifs is 1. The van der Waals surface area contributed by atoms with E-state index in [0.717, 1.165) is 12.8 Å². The van der Waals surface area contributed by atoms with Crippen LogP contribution in [0.2, 0.25) is 0 Å². The Labute approximate surface area is 115 Å². The molecule has 19 heavy (non-hydrogen) atoms. The van der Waals surface area contributed by atoms with Gasteiger partial charge in [0.1, 0.15) is 0 Å². The predicted octanol–water partition coefficient (Wildman–Crippen LogP) is 3.34. The lowest BCUT2D eigenvalue weighted by Gasteiger charge is -2.18. The lowest BCUT2D eigenvalue weighted by Crippen LogP contribution is -2.22. The molecular weight excluding hydrogens is 236 g/mol. The molecule has 0 bridgehead atoms. The third kappa shape index (κ3) is 1.58. The molecule has 2 nitrogen and oxygen atoms in total. The molecule has 2 heteroatoms. The summed E-state index contributed by atoms with van der Waals surface area (Å²) in [6.07, 6.45) is 2.23. The van der Waals surface area contributed by atoms with Crippen molar-refractivity contribution in [3.8, 4) is 0 Å². The van der Waals surface area contributed by atoms with Crippen LogP contribution in [0.4, 0.5) is 0 Å². The lowest BCUT2D eigenvalue weighted by atomic mass is 9.88. The molecule has 0 amide bonds. The molecule has 102 valence electrons. The van der Waals surface area contributed by atoms with E-state index in [-0.39, 0.29) is 17.3 Å². The Kier molecular flexibility index (Phi) is 2.92. The van der Waals surface area contributed by atoms with Crippen molar-refractivity contribution in [1.29, 1.82) is 0 Å². The van der Waals surface area contributed by atoms with Gasteiger partial charge in [-0.15, -0.1) is 0 Å². The maximum atomic E-state index is 12.0. The second-order valence-corrected chi connectivity index (χ2v) is 5.75. The first kappa shape index (κ1) is 12.7. The predicted molar refractivity (Wildman–Crippen MR) is 74.9 cm³/mol. The zero-order valence-corrected chi connectivity index (χ0v) is 12.0. The average molecular weight is 258 g/mol. The minimum absolute atomic E-state index is 0.0109. The molecule has 3 unspecified atom stereocenters. The fraction of sp³-hybridized carbons (Fsp3) is 0.588. The quantitative estimate of drug-likeness (QED) is 0.757. The topological polar surface area (TPSA) is 26.3 Å². The molecule has 0 N–H and O–H groups in total. The second-order valence-electron chi connectivity index (χ2n) is 5.75. The Morgan fingerprint density at radius 2 is 1.89 bits per heavy atom. The number of esters is 1. The first-order valence-corrected chi connectivity index (χ1v) is 7.47. The van der Waals surface area contributed by atoms with Crippen molar-refractivity contribution in [1.82, 2.24) is 0 Å². The zero-order valence-electron chi connectivity index (χ0n) is 12.0. The Balaban J connectivity index is 1.83. The molecule has 2 saturated carbocycles. The van der Waals surface area contributed by atoms with E-state index in [9.17, 15) is 4.79 Å².